The summed E-state index contributed by atoms with van der Waals surface area (Å²) in [6, 6.07) is 18.1. The highest BCUT2D eigenvalue weighted by molar-refractivity contribution is 6.30. The zero-order chi connectivity index (χ0) is 26.5. The molecule has 3 aromatic rings. The molecule has 9 heteroatoms. The third-order valence-electron chi connectivity index (χ3n) is 5.86. The van der Waals surface area contributed by atoms with Crippen LogP contribution in [0.25, 0.3) is 0 Å². The predicted molar refractivity (Wildman–Crippen MR) is 139 cm³/mol. The van der Waals surface area contributed by atoms with E-state index in [1.165, 1.54) is 29.2 Å². The molecule has 2 atom stereocenters. The lowest BCUT2D eigenvalue weighted by molar-refractivity contribution is -0.126. The van der Waals surface area contributed by atoms with Crippen molar-refractivity contribution in [2.45, 2.75) is 32.5 Å². The third-order valence-corrected chi connectivity index (χ3v) is 6.09. The Morgan fingerprint density at radius 3 is 2.49 bits per heavy atom. The van der Waals surface area contributed by atoms with Gasteiger partial charge in [-0.25, -0.2) is 9.18 Å². The lowest BCUT2D eigenvalue weighted by Gasteiger charge is -2.25. The van der Waals surface area contributed by atoms with Gasteiger partial charge < -0.3 is 15.4 Å². The summed E-state index contributed by atoms with van der Waals surface area (Å²) in [6.07, 6.45) is -1.53. The highest BCUT2D eigenvalue weighted by Crippen LogP contribution is 2.35. The second-order valence-corrected chi connectivity index (χ2v) is 9.67. The quantitative estimate of drug-likeness (QED) is 0.404. The first-order chi connectivity index (χ1) is 17.7. The van der Waals surface area contributed by atoms with Crippen molar-refractivity contribution in [3.05, 3.63) is 100 Å². The summed E-state index contributed by atoms with van der Waals surface area (Å²) >= 11 is 6.12. The molecule has 1 heterocycles. The van der Waals surface area contributed by atoms with Gasteiger partial charge in [0.25, 0.3) is 5.91 Å². The number of nitrogens with zero attached hydrogens (tertiary/aromatic N) is 1. The largest absolute Gasteiger partial charge is 0.438 e. The number of rotatable bonds is 8. The van der Waals surface area contributed by atoms with Crippen molar-refractivity contribution in [2.24, 2.45) is 5.92 Å². The van der Waals surface area contributed by atoms with Crippen LogP contribution in [0, 0.1) is 11.7 Å². The fourth-order valence-electron chi connectivity index (χ4n) is 4.05. The molecule has 0 aromatic heterocycles. The van der Waals surface area contributed by atoms with Gasteiger partial charge in [0.05, 0.1) is 6.54 Å². The fraction of sp³-hybridized carbons (Fsp3) is 0.250. The first-order valence-electron chi connectivity index (χ1n) is 11.9. The number of cyclic esters (lactones) is 1. The van der Waals surface area contributed by atoms with Crippen LogP contribution in [0.2, 0.25) is 5.02 Å². The van der Waals surface area contributed by atoms with Crippen molar-refractivity contribution in [2.75, 3.05) is 11.9 Å². The molecule has 7 nitrogen and oxygen atoms in total. The van der Waals surface area contributed by atoms with Crippen molar-refractivity contribution in [1.82, 2.24) is 10.2 Å². The standard InChI is InChI=1S/C28H27ClFN3O4/c1-17(2)15-31-27(35)24-25(37-28(36)33(24)16-18-5-3-7-21(29)13-18)20-6-4-8-23(14-20)32-26(34)19-9-11-22(30)12-10-19/h3-14,17,24-25H,15-16H2,1-2H3,(H,31,35)(H,32,34). The van der Waals surface area contributed by atoms with Gasteiger partial charge in [-0.1, -0.05) is 49.7 Å². The topological polar surface area (TPSA) is 87.7 Å². The van der Waals surface area contributed by atoms with Gasteiger partial charge in [0, 0.05) is 22.8 Å². The van der Waals surface area contributed by atoms with Crippen molar-refractivity contribution in [3.63, 3.8) is 0 Å². The Morgan fingerprint density at radius 2 is 1.78 bits per heavy atom. The number of halogens is 2. The van der Waals surface area contributed by atoms with Gasteiger partial charge in [-0.05, 0) is 65.6 Å². The van der Waals surface area contributed by atoms with Gasteiger partial charge in [0.1, 0.15) is 5.82 Å². The van der Waals surface area contributed by atoms with E-state index in [1.807, 2.05) is 19.9 Å². The van der Waals surface area contributed by atoms with Crippen LogP contribution in [-0.4, -0.2) is 35.4 Å². The van der Waals surface area contributed by atoms with E-state index in [0.717, 1.165) is 5.56 Å². The van der Waals surface area contributed by atoms with E-state index in [-0.39, 0.29) is 23.9 Å². The van der Waals surface area contributed by atoms with Crippen molar-refractivity contribution in [1.29, 1.82) is 0 Å². The molecular formula is C28H27ClFN3O4. The number of benzene rings is 3. The van der Waals surface area contributed by atoms with Gasteiger partial charge in [0.15, 0.2) is 12.1 Å². The number of hydrogen-bond acceptors (Lipinski definition) is 4. The van der Waals surface area contributed by atoms with Gasteiger partial charge in [-0.3, -0.25) is 14.5 Å². The smallest absolute Gasteiger partial charge is 0.411 e. The van der Waals surface area contributed by atoms with Gasteiger partial charge >= 0.3 is 6.09 Å². The second kappa shape index (κ2) is 11.4. The second-order valence-electron chi connectivity index (χ2n) is 9.23. The average Bonchev–Trinajstić information content (AvgIpc) is 3.19. The Kier molecular flexibility index (Phi) is 8.08. The number of amides is 3. The Bertz CT molecular complexity index is 1300. The SMILES string of the molecule is CC(C)CNC(=O)C1C(c2cccc(NC(=O)c3ccc(F)cc3)c2)OC(=O)N1Cc1cccc(Cl)c1. The molecule has 3 amide bonds. The minimum absolute atomic E-state index is 0.136. The van der Waals surface area contributed by atoms with Gasteiger partial charge in [-0.2, -0.15) is 0 Å². The van der Waals surface area contributed by atoms with E-state index in [4.69, 9.17) is 16.3 Å². The average molecular weight is 524 g/mol. The monoisotopic (exact) mass is 523 g/mol. The van der Waals surface area contributed by atoms with Gasteiger partial charge in [-0.15, -0.1) is 0 Å². The number of hydrogen-bond donors (Lipinski definition) is 2. The van der Waals surface area contributed by atoms with Crippen LogP contribution >= 0.6 is 11.6 Å². The predicted octanol–water partition coefficient (Wildman–Crippen LogP) is 5.57. The molecule has 0 saturated carbocycles. The van der Waals surface area contributed by atoms with Crippen molar-refractivity contribution in [3.8, 4) is 0 Å². The summed E-state index contributed by atoms with van der Waals surface area (Å²) < 4.78 is 18.9. The summed E-state index contributed by atoms with van der Waals surface area (Å²) in [5.74, 6) is -0.987. The molecule has 3 aromatic carbocycles. The zero-order valence-electron chi connectivity index (χ0n) is 20.4. The van der Waals surface area contributed by atoms with Crippen LogP contribution in [0.15, 0.2) is 72.8 Å². The van der Waals surface area contributed by atoms with E-state index in [1.54, 1.807) is 42.5 Å². The van der Waals surface area contributed by atoms with Crippen LogP contribution < -0.4 is 10.6 Å². The van der Waals surface area contributed by atoms with Crippen LogP contribution in [-0.2, 0) is 16.1 Å². The maximum absolute atomic E-state index is 13.3. The first-order valence-corrected chi connectivity index (χ1v) is 12.3. The molecule has 1 aliphatic rings. The highest BCUT2D eigenvalue weighted by atomic mass is 35.5. The molecule has 2 unspecified atom stereocenters. The molecule has 0 bridgehead atoms. The summed E-state index contributed by atoms with van der Waals surface area (Å²) in [5.41, 5.74) is 2.03. The molecule has 37 heavy (non-hydrogen) atoms. The molecular weight excluding hydrogens is 497 g/mol. The van der Waals surface area contributed by atoms with E-state index in [0.29, 0.717) is 22.8 Å². The highest BCUT2D eigenvalue weighted by Gasteiger charge is 2.47. The first kappa shape index (κ1) is 26.2. The molecule has 0 aliphatic carbocycles. The summed E-state index contributed by atoms with van der Waals surface area (Å²) in [6.45, 7) is 4.53. The lowest BCUT2D eigenvalue weighted by Crippen LogP contribution is -2.47. The molecule has 2 N–H and O–H groups in total. The Hall–Kier alpha value is -3.91. The maximum Gasteiger partial charge on any atom is 0.411 e. The fourth-order valence-corrected chi connectivity index (χ4v) is 4.26. The molecule has 0 spiro atoms. The molecule has 1 fully saturated rings. The molecule has 0 radical (unpaired) electrons. The summed E-state index contributed by atoms with van der Waals surface area (Å²) in [5, 5.41) is 6.19. The normalized spacial score (nSPS) is 17.0. The Morgan fingerprint density at radius 1 is 1.05 bits per heavy atom. The number of anilines is 1. The van der Waals surface area contributed by atoms with Crippen molar-refractivity contribution >= 4 is 35.2 Å². The number of carbonyl (C=O) groups is 3. The number of nitrogens with one attached hydrogen (secondary N) is 2. The summed E-state index contributed by atoms with van der Waals surface area (Å²) in [7, 11) is 0. The van der Waals surface area contributed by atoms with E-state index in [9.17, 15) is 18.8 Å². The number of ether oxygens (including phenoxy) is 1. The van der Waals surface area contributed by atoms with E-state index < -0.39 is 30.0 Å². The van der Waals surface area contributed by atoms with Crippen LogP contribution in [0.5, 0.6) is 0 Å². The minimum atomic E-state index is -0.937. The molecule has 192 valence electrons. The van der Waals surface area contributed by atoms with Crippen LogP contribution in [0.3, 0.4) is 0 Å². The van der Waals surface area contributed by atoms with Crippen molar-refractivity contribution < 1.29 is 23.5 Å². The zero-order valence-corrected chi connectivity index (χ0v) is 21.2. The van der Waals surface area contributed by atoms with Crippen LogP contribution in [0.4, 0.5) is 14.9 Å². The van der Waals surface area contributed by atoms with Gasteiger partial charge in [0.2, 0.25) is 5.91 Å². The molecule has 4 rings (SSSR count). The maximum atomic E-state index is 13.3. The molecule has 1 aliphatic heterocycles. The molecule has 1 saturated heterocycles. The number of carbonyl (C=O) groups excluding carboxylic acids is 3. The lowest BCUT2D eigenvalue weighted by atomic mass is 9.99. The minimum Gasteiger partial charge on any atom is -0.438 e. The summed E-state index contributed by atoms with van der Waals surface area (Å²) in [4.78, 5) is 40.3. The van der Waals surface area contributed by atoms with Crippen LogP contribution in [0.1, 0.15) is 41.4 Å². The Labute approximate surface area is 219 Å². The van der Waals surface area contributed by atoms with E-state index >= 15 is 0 Å². The third kappa shape index (κ3) is 6.46. The van der Waals surface area contributed by atoms with E-state index in [2.05, 4.69) is 10.6 Å². The Balaban J connectivity index is 1.60.